The highest BCUT2D eigenvalue weighted by Gasteiger charge is 2.08. The number of amides is 1. The van der Waals surface area contributed by atoms with Crippen LogP contribution < -0.4 is 10.1 Å². The van der Waals surface area contributed by atoms with Crippen molar-refractivity contribution < 1.29 is 9.53 Å². The summed E-state index contributed by atoms with van der Waals surface area (Å²) in [6, 6.07) is 23.3. The van der Waals surface area contributed by atoms with Crippen LogP contribution in [0.3, 0.4) is 0 Å². The molecule has 0 saturated carbocycles. The average molecular weight is 318 g/mol. The number of carbonyl (C=O) groups is 1. The molecule has 0 fully saturated rings. The Morgan fingerprint density at radius 2 is 1.67 bits per heavy atom. The first-order valence-electron chi connectivity index (χ1n) is 7.77. The van der Waals surface area contributed by atoms with Crippen molar-refractivity contribution >= 4 is 5.91 Å². The Labute approximate surface area is 141 Å². The molecule has 2 aromatic carbocycles. The molecule has 1 heterocycles. The number of hydrogen-bond acceptors (Lipinski definition) is 3. The molecule has 4 heteroatoms. The number of hydrogen-bond donors (Lipinski definition) is 1. The second-order valence-electron chi connectivity index (χ2n) is 5.25. The monoisotopic (exact) mass is 318 g/mol. The van der Waals surface area contributed by atoms with Crippen LogP contribution in [0.2, 0.25) is 0 Å². The Morgan fingerprint density at radius 3 is 2.46 bits per heavy atom. The first-order chi connectivity index (χ1) is 11.8. The molecule has 1 N–H and O–H groups in total. The van der Waals surface area contributed by atoms with Gasteiger partial charge in [0.1, 0.15) is 5.75 Å². The third-order valence-corrected chi connectivity index (χ3v) is 3.52. The number of aromatic nitrogens is 1. The average Bonchev–Trinajstić information content (AvgIpc) is 2.66. The summed E-state index contributed by atoms with van der Waals surface area (Å²) in [5.74, 6) is 0.514. The van der Waals surface area contributed by atoms with Crippen molar-refractivity contribution in [2.24, 2.45) is 0 Å². The molecular weight excluding hydrogens is 300 g/mol. The van der Waals surface area contributed by atoms with Gasteiger partial charge in [-0.1, -0.05) is 54.6 Å². The molecule has 3 rings (SSSR count). The minimum atomic E-state index is -0.177. The lowest BCUT2D eigenvalue weighted by molar-refractivity contribution is -0.123. The number of ether oxygens (including phenoxy) is 1. The van der Waals surface area contributed by atoms with Crippen molar-refractivity contribution in [1.82, 2.24) is 10.3 Å². The van der Waals surface area contributed by atoms with Gasteiger partial charge in [0.2, 0.25) is 0 Å². The number of carbonyl (C=O) groups excluding carboxylic acids is 1. The molecule has 0 saturated heterocycles. The minimum Gasteiger partial charge on any atom is -0.483 e. The topological polar surface area (TPSA) is 51.2 Å². The Kier molecular flexibility index (Phi) is 5.20. The van der Waals surface area contributed by atoms with Crippen LogP contribution in [-0.2, 0) is 11.3 Å². The summed E-state index contributed by atoms with van der Waals surface area (Å²) in [7, 11) is 0. The van der Waals surface area contributed by atoms with Gasteiger partial charge in [-0.05, 0) is 23.8 Å². The van der Waals surface area contributed by atoms with Gasteiger partial charge in [-0.2, -0.15) is 0 Å². The van der Waals surface area contributed by atoms with E-state index in [0.717, 1.165) is 16.8 Å². The van der Waals surface area contributed by atoms with Gasteiger partial charge >= 0.3 is 0 Å². The number of rotatable bonds is 6. The number of nitrogens with one attached hydrogen (secondary N) is 1. The largest absolute Gasteiger partial charge is 0.483 e. The summed E-state index contributed by atoms with van der Waals surface area (Å²) in [5.41, 5.74) is 2.84. The summed E-state index contributed by atoms with van der Waals surface area (Å²) in [5, 5.41) is 2.80. The molecule has 0 aliphatic carbocycles. The summed E-state index contributed by atoms with van der Waals surface area (Å²) in [6.45, 7) is 0.361. The molecule has 0 spiro atoms. The van der Waals surface area contributed by atoms with Crippen LogP contribution in [0.5, 0.6) is 5.75 Å². The van der Waals surface area contributed by atoms with Gasteiger partial charge in [-0.3, -0.25) is 9.78 Å². The van der Waals surface area contributed by atoms with Gasteiger partial charge in [-0.15, -0.1) is 0 Å². The molecular formula is C20H18N2O2. The van der Waals surface area contributed by atoms with Crippen molar-refractivity contribution in [3.05, 3.63) is 84.7 Å². The molecule has 4 nitrogen and oxygen atoms in total. The molecule has 120 valence electrons. The molecule has 0 radical (unpaired) electrons. The predicted molar refractivity (Wildman–Crippen MR) is 93.5 cm³/mol. The molecule has 0 unspecified atom stereocenters. The van der Waals surface area contributed by atoms with Gasteiger partial charge in [0.25, 0.3) is 5.91 Å². The normalized spacial score (nSPS) is 10.2. The van der Waals surface area contributed by atoms with Crippen LogP contribution in [-0.4, -0.2) is 17.5 Å². The van der Waals surface area contributed by atoms with Gasteiger partial charge in [0.15, 0.2) is 6.61 Å². The predicted octanol–water partition coefficient (Wildman–Crippen LogP) is 3.44. The molecule has 0 atom stereocenters. The number of nitrogens with zero attached hydrogens (tertiary/aromatic N) is 1. The van der Waals surface area contributed by atoms with Crippen molar-refractivity contribution in [2.45, 2.75) is 6.54 Å². The molecule has 0 bridgehead atoms. The quantitative estimate of drug-likeness (QED) is 0.757. The smallest absolute Gasteiger partial charge is 0.258 e. The van der Waals surface area contributed by atoms with Crippen LogP contribution in [0.15, 0.2) is 79.0 Å². The van der Waals surface area contributed by atoms with Gasteiger partial charge in [0.05, 0.1) is 12.2 Å². The fraction of sp³-hybridized carbons (Fsp3) is 0.100. The maximum Gasteiger partial charge on any atom is 0.258 e. The van der Waals surface area contributed by atoms with Crippen molar-refractivity contribution in [3.63, 3.8) is 0 Å². The van der Waals surface area contributed by atoms with E-state index in [4.69, 9.17) is 4.74 Å². The number of para-hydroxylation sites is 1. The third kappa shape index (κ3) is 4.20. The maximum atomic E-state index is 12.0. The van der Waals surface area contributed by atoms with Gasteiger partial charge < -0.3 is 10.1 Å². The zero-order valence-corrected chi connectivity index (χ0v) is 13.2. The van der Waals surface area contributed by atoms with Gasteiger partial charge in [0, 0.05) is 11.8 Å². The standard InChI is InChI=1S/C20H18N2O2/c23-20(22-14-17-10-6-7-13-21-17)15-24-19-12-5-4-11-18(19)16-8-2-1-3-9-16/h1-13H,14-15H2,(H,22,23). The molecule has 0 aliphatic heterocycles. The zero-order chi connectivity index (χ0) is 16.6. The van der Waals surface area contributed by atoms with E-state index in [1.54, 1.807) is 6.20 Å². The Bertz CT molecular complexity index is 789. The van der Waals surface area contributed by atoms with Crippen LogP contribution >= 0.6 is 0 Å². The summed E-state index contributed by atoms with van der Waals surface area (Å²) >= 11 is 0. The van der Waals surface area contributed by atoms with E-state index in [-0.39, 0.29) is 12.5 Å². The SMILES string of the molecule is O=C(COc1ccccc1-c1ccccc1)NCc1ccccn1. The fourth-order valence-corrected chi connectivity index (χ4v) is 2.33. The van der Waals surface area contributed by atoms with Crippen molar-refractivity contribution in [1.29, 1.82) is 0 Å². The molecule has 3 aromatic rings. The third-order valence-electron chi connectivity index (χ3n) is 3.52. The Morgan fingerprint density at radius 1 is 0.917 bits per heavy atom. The van der Waals surface area contributed by atoms with E-state index < -0.39 is 0 Å². The fourth-order valence-electron chi connectivity index (χ4n) is 2.33. The minimum absolute atomic E-state index is 0.0311. The lowest BCUT2D eigenvalue weighted by Crippen LogP contribution is -2.28. The van der Waals surface area contributed by atoms with E-state index in [1.807, 2.05) is 72.8 Å². The molecule has 1 aromatic heterocycles. The van der Waals surface area contributed by atoms with E-state index in [2.05, 4.69) is 10.3 Å². The molecule has 0 aliphatic rings. The number of pyridine rings is 1. The lowest BCUT2D eigenvalue weighted by Gasteiger charge is -2.11. The van der Waals surface area contributed by atoms with Crippen LogP contribution in [0.25, 0.3) is 11.1 Å². The maximum absolute atomic E-state index is 12.0. The van der Waals surface area contributed by atoms with Crippen molar-refractivity contribution in [2.75, 3.05) is 6.61 Å². The highest BCUT2D eigenvalue weighted by molar-refractivity contribution is 5.78. The highest BCUT2D eigenvalue weighted by Crippen LogP contribution is 2.29. The van der Waals surface area contributed by atoms with Crippen LogP contribution in [0, 0.1) is 0 Å². The first-order valence-corrected chi connectivity index (χ1v) is 7.77. The summed E-state index contributed by atoms with van der Waals surface area (Å²) < 4.78 is 5.71. The molecule has 24 heavy (non-hydrogen) atoms. The Balaban J connectivity index is 1.60. The van der Waals surface area contributed by atoms with E-state index >= 15 is 0 Å². The molecule has 1 amide bonds. The van der Waals surface area contributed by atoms with E-state index in [1.165, 1.54) is 0 Å². The van der Waals surface area contributed by atoms with E-state index in [9.17, 15) is 4.79 Å². The second-order valence-corrected chi connectivity index (χ2v) is 5.25. The highest BCUT2D eigenvalue weighted by atomic mass is 16.5. The van der Waals surface area contributed by atoms with E-state index in [0.29, 0.717) is 12.3 Å². The van der Waals surface area contributed by atoms with Crippen molar-refractivity contribution in [3.8, 4) is 16.9 Å². The zero-order valence-electron chi connectivity index (χ0n) is 13.2. The second kappa shape index (κ2) is 7.92. The van der Waals surface area contributed by atoms with Crippen LogP contribution in [0.4, 0.5) is 0 Å². The summed E-state index contributed by atoms with van der Waals surface area (Å²) in [6.07, 6.45) is 1.70. The lowest BCUT2D eigenvalue weighted by atomic mass is 10.1. The van der Waals surface area contributed by atoms with Crippen LogP contribution in [0.1, 0.15) is 5.69 Å². The first kappa shape index (κ1) is 15.7. The van der Waals surface area contributed by atoms with Gasteiger partial charge in [-0.25, -0.2) is 0 Å². The summed E-state index contributed by atoms with van der Waals surface area (Å²) in [4.78, 5) is 16.1. The number of benzene rings is 2. The Hall–Kier alpha value is -3.14.